The van der Waals surface area contributed by atoms with Crippen molar-refractivity contribution in [3.05, 3.63) is 24.3 Å². The molecule has 0 fully saturated rings. The van der Waals surface area contributed by atoms with Crippen LogP contribution in [-0.2, 0) is 19.5 Å². The number of carbonyl (C=O) groups is 2. The van der Waals surface area contributed by atoms with Crippen molar-refractivity contribution < 1.29 is 27.5 Å². The molecule has 0 unspecified atom stereocenters. The molecular formula is C15H19N3O6S2. The number of nitrogens with zero attached hydrogens (tertiary/aromatic N) is 2. The van der Waals surface area contributed by atoms with Crippen molar-refractivity contribution >= 4 is 43.8 Å². The van der Waals surface area contributed by atoms with Gasteiger partial charge < -0.3 is 9.47 Å². The van der Waals surface area contributed by atoms with E-state index in [1.165, 1.54) is 0 Å². The van der Waals surface area contributed by atoms with Crippen LogP contribution in [0.2, 0.25) is 0 Å². The van der Waals surface area contributed by atoms with E-state index in [4.69, 9.17) is 9.47 Å². The molecule has 2 aromatic rings. The molecule has 9 nitrogen and oxygen atoms in total. The summed E-state index contributed by atoms with van der Waals surface area (Å²) in [7, 11) is -4.48. The van der Waals surface area contributed by atoms with Crippen LogP contribution < -0.4 is 5.43 Å². The zero-order valence-corrected chi connectivity index (χ0v) is 16.3. The van der Waals surface area contributed by atoms with Crippen molar-refractivity contribution in [2.75, 3.05) is 0 Å². The number of aromatic nitrogens is 1. The number of nitrogens with one attached hydrogen (secondary N) is 1. The SMILES string of the molecule is CC(C)OC(=O)NN(C(=O)OC(C)C)S(=O)(=O)c1nc2ccccc2s1. The lowest BCUT2D eigenvalue weighted by Gasteiger charge is -2.22. The van der Waals surface area contributed by atoms with Crippen LogP contribution in [0.15, 0.2) is 28.6 Å². The Kier molecular flexibility index (Phi) is 6.03. The van der Waals surface area contributed by atoms with Gasteiger partial charge in [0.1, 0.15) is 0 Å². The molecule has 0 spiro atoms. The monoisotopic (exact) mass is 401 g/mol. The number of hydrogen-bond donors (Lipinski definition) is 1. The topological polar surface area (TPSA) is 115 Å². The minimum atomic E-state index is -4.48. The lowest BCUT2D eigenvalue weighted by atomic mass is 10.3. The molecular weight excluding hydrogens is 382 g/mol. The minimum Gasteiger partial charge on any atom is -0.446 e. The van der Waals surface area contributed by atoms with Crippen LogP contribution in [0.25, 0.3) is 10.2 Å². The molecule has 1 aromatic heterocycles. The molecule has 0 saturated heterocycles. The summed E-state index contributed by atoms with van der Waals surface area (Å²) in [4.78, 5) is 28.1. The third-order valence-electron chi connectivity index (χ3n) is 2.77. The number of hydrogen-bond acceptors (Lipinski definition) is 8. The summed E-state index contributed by atoms with van der Waals surface area (Å²) in [5, 5.41) is 0. The second kappa shape index (κ2) is 7.87. The maximum Gasteiger partial charge on any atom is 0.444 e. The quantitative estimate of drug-likeness (QED) is 0.783. The minimum absolute atomic E-state index is 0.107. The lowest BCUT2D eigenvalue weighted by molar-refractivity contribution is 0.0715. The fraction of sp³-hybridized carbons (Fsp3) is 0.400. The van der Waals surface area contributed by atoms with E-state index >= 15 is 0 Å². The van der Waals surface area contributed by atoms with Gasteiger partial charge in [-0.1, -0.05) is 16.5 Å². The number of carbonyl (C=O) groups excluding carboxylic acids is 2. The van der Waals surface area contributed by atoms with E-state index in [1.54, 1.807) is 52.0 Å². The molecule has 0 aliphatic heterocycles. The van der Waals surface area contributed by atoms with Crippen molar-refractivity contribution in [2.45, 2.75) is 44.2 Å². The number of fused-ring (bicyclic) bond motifs is 1. The molecule has 0 saturated carbocycles. The number of ether oxygens (including phenoxy) is 2. The number of hydrazine groups is 1. The van der Waals surface area contributed by atoms with Crippen molar-refractivity contribution in [2.24, 2.45) is 0 Å². The van der Waals surface area contributed by atoms with Crippen LogP contribution in [0, 0.1) is 0 Å². The first-order valence-corrected chi connectivity index (χ1v) is 9.95. The van der Waals surface area contributed by atoms with E-state index in [0.29, 0.717) is 10.2 Å². The summed E-state index contributed by atoms with van der Waals surface area (Å²) in [6, 6.07) is 6.78. The van der Waals surface area contributed by atoms with Gasteiger partial charge in [-0.3, -0.25) is 0 Å². The van der Waals surface area contributed by atoms with Gasteiger partial charge in [0.05, 0.1) is 22.4 Å². The van der Waals surface area contributed by atoms with Gasteiger partial charge in [-0.25, -0.2) is 20.0 Å². The van der Waals surface area contributed by atoms with Crippen LogP contribution in [0.1, 0.15) is 27.7 Å². The lowest BCUT2D eigenvalue weighted by Crippen LogP contribution is -2.50. The van der Waals surface area contributed by atoms with E-state index < -0.39 is 34.4 Å². The fourth-order valence-corrected chi connectivity index (χ4v) is 4.23. The summed E-state index contributed by atoms with van der Waals surface area (Å²) in [5.74, 6) is 0. The Morgan fingerprint density at radius 1 is 1.12 bits per heavy atom. The predicted molar refractivity (Wildman–Crippen MR) is 95.0 cm³/mol. The predicted octanol–water partition coefficient (Wildman–Crippen LogP) is 2.88. The largest absolute Gasteiger partial charge is 0.446 e. The first-order valence-electron chi connectivity index (χ1n) is 7.70. The standard InChI is InChI=1S/C15H19N3O6S2/c1-9(2)23-13(19)17-18(15(20)24-10(3)4)26(21,22)14-16-11-7-5-6-8-12(11)25-14/h5-10H,1-4H3,(H,17,19). The molecule has 0 aliphatic rings. The van der Waals surface area contributed by atoms with Crippen LogP contribution in [0.3, 0.4) is 0 Å². The van der Waals surface area contributed by atoms with E-state index in [9.17, 15) is 18.0 Å². The molecule has 1 aromatic carbocycles. The zero-order chi connectivity index (χ0) is 19.5. The van der Waals surface area contributed by atoms with Gasteiger partial charge in [0.15, 0.2) is 0 Å². The number of benzene rings is 1. The van der Waals surface area contributed by atoms with Gasteiger partial charge >= 0.3 is 22.2 Å². The van der Waals surface area contributed by atoms with Crippen molar-refractivity contribution in [1.82, 2.24) is 14.8 Å². The molecule has 142 valence electrons. The van der Waals surface area contributed by atoms with E-state index in [2.05, 4.69) is 4.98 Å². The van der Waals surface area contributed by atoms with Gasteiger partial charge in [0, 0.05) is 0 Å². The molecule has 2 rings (SSSR count). The molecule has 11 heteroatoms. The smallest absolute Gasteiger partial charge is 0.444 e. The summed E-state index contributed by atoms with van der Waals surface area (Å²) in [6.07, 6.45) is -3.48. The van der Waals surface area contributed by atoms with Crippen molar-refractivity contribution in [3.8, 4) is 0 Å². The van der Waals surface area contributed by atoms with Crippen molar-refractivity contribution in [1.29, 1.82) is 0 Å². The highest BCUT2D eigenvalue weighted by molar-refractivity contribution is 7.91. The molecule has 0 aliphatic carbocycles. The fourth-order valence-electron chi connectivity index (χ4n) is 1.82. The maximum absolute atomic E-state index is 12.8. The van der Waals surface area contributed by atoms with Gasteiger partial charge in [0.25, 0.3) is 0 Å². The number of para-hydroxylation sites is 1. The first-order chi connectivity index (χ1) is 12.1. The molecule has 0 bridgehead atoms. The summed E-state index contributed by atoms with van der Waals surface area (Å²) in [6.45, 7) is 6.26. The van der Waals surface area contributed by atoms with Gasteiger partial charge in [-0.2, -0.15) is 8.42 Å². The number of amides is 2. The summed E-state index contributed by atoms with van der Waals surface area (Å²) < 4.78 is 35.8. The Morgan fingerprint density at radius 3 is 2.31 bits per heavy atom. The van der Waals surface area contributed by atoms with Crippen molar-refractivity contribution in [3.63, 3.8) is 0 Å². The normalized spacial score (nSPS) is 11.6. The third-order valence-corrected chi connectivity index (χ3v) is 5.74. The Balaban J connectivity index is 2.40. The second-order valence-corrected chi connectivity index (χ2v) is 8.71. The van der Waals surface area contributed by atoms with Crippen LogP contribution in [0.4, 0.5) is 9.59 Å². The van der Waals surface area contributed by atoms with Crippen LogP contribution >= 0.6 is 11.3 Å². The van der Waals surface area contributed by atoms with Crippen LogP contribution in [0.5, 0.6) is 0 Å². The average molecular weight is 401 g/mol. The Bertz CT molecular complexity index is 874. The Hall–Kier alpha value is -2.40. The molecule has 1 N–H and O–H groups in total. The summed E-state index contributed by atoms with van der Waals surface area (Å²) >= 11 is 0.869. The van der Waals surface area contributed by atoms with Gasteiger partial charge in [-0.15, -0.1) is 11.3 Å². The van der Waals surface area contributed by atoms with Gasteiger partial charge in [0.2, 0.25) is 4.34 Å². The highest BCUT2D eigenvalue weighted by Gasteiger charge is 2.36. The molecule has 0 atom stereocenters. The highest BCUT2D eigenvalue weighted by Crippen LogP contribution is 2.27. The second-order valence-electron chi connectivity index (χ2n) is 5.72. The Morgan fingerprint density at radius 2 is 1.73 bits per heavy atom. The number of sulfonamides is 1. The third kappa shape index (κ3) is 4.61. The highest BCUT2D eigenvalue weighted by atomic mass is 32.2. The number of rotatable bonds is 4. The molecule has 0 radical (unpaired) electrons. The first kappa shape index (κ1) is 19.9. The maximum atomic E-state index is 12.8. The van der Waals surface area contributed by atoms with E-state index in [1.807, 2.05) is 5.43 Å². The van der Waals surface area contributed by atoms with E-state index in [0.717, 1.165) is 11.3 Å². The summed E-state index contributed by atoms with van der Waals surface area (Å²) in [5.41, 5.74) is 2.37. The average Bonchev–Trinajstić information content (AvgIpc) is 2.95. The Labute approximate surface area is 154 Å². The van der Waals surface area contributed by atoms with Crippen LogP contribution in [-0.4, -0.2) is 42.2 Å². The molecule has 2 amide bonds. The molecule has 1 heterocycles. The van der Waals surface area contributed by atoms with Gasteiger partial charge in [-0.05, 0) is 39.8 Å². The molecule has 26 heavy (non-hydrogen) atoms. The number of thiazole rings is 1. The van der Waals surface area contributed by atoms with E-state index in [-0.39, 0.29) is 8.75 Å². The zero-order valence-electron chi connectivity index (χ0n) is 14.6.